The molecule has 2 fully saturated rings. The Kier molecular flexibility index (Phi) is 6.26. The predicted molar refractivity (Wildman–Crippen MR) is 131 cm³/mol. The molecule has 2 N–H and O–H groups in total. The van der Waals surface area contributed by atoms with E-state index in [9.17, 15) is 19.5 Å². The molecular formula is C28H32N2O5. The first-order valence-corrected chi connectivity index (χ1v) is 12.5. The third-order valence-corrected chi connectivity index (χ3v) is 7.99. The molecule has 4 atom stereocenters. The SMILES string of the molecule is CC(C)[C@@H](CC(=O)N1[C@@H]2CC[C@H]1[C@@H](C(=O)O)C2)NC(=O)OCC1c2ccccc2-c2ccccc21. The van der Waals surface area contributed by atoms with Crippen LogP contribution in [-0.2, 0) is 14.3 Å². The first-order valence-electron chi connectivity index (χ1n) is 12.5. The van der Waals surface area contributed by atoms with Gasteiger partial charge in [-0.3, -0.25) is 9.59 Å². The quantitative estimate of drug-likeness (QED) is 0.617. The number of hydrogen-bond acceptors (Lipinski definition) is 4. The molecule has 1 aliphatic carbocycles. The van der Waals surface area contributed by atoms with Crippen molar-refractivity contribution in [1.29, 1.82) is 0 Å². The molecule has 184 valence electrons. The van der Waals surface area contributed by atoms with Crippen molar-refractivity contribution >= 4 is 18.0 Å². The van der Waals surface area contributed by atoms with Crippen LogP contribution in [0.1, 0.15) is 56.6 Å². The minimum Gasteiger partial charge on any atom is -0.481 e. The van der Waals surface area contributed by atoms with Crippen molar-refractivity contribution in [3.05, 3.63) is 59.7 Å². The second-order valence-electron chi connectivity index (χ2n) is 10.3. The van der Waals surface area contributed by atoms with E-state index in [1.54, 1.807) is 4.90 Å². The second-order valence-corrected chi connectivity index (χ2v) is 10.3. The summed E-state index contributed by atoms with van der Waals surface area (Å²) >= 11 is 0. The number of carbonyl (C=O) groups is 3. The maximum atomic E-state index is 13.2. The van der Waals surface area contributed by atoms with E-state index in [0.717, 1.165) is 24.0 Å². The van der Waals surface area contributed by atoms with E-state index < -0.39 is 18.0 Å². The van der Waals surface area contributed by atoms with Crippen molar-refractivity contribution < 1.29 is 24.2 Å². The number of carbonyl (C=O) groups excluding carboxylic acids is 2. The van der Waals surface area contributed by atoms with Crippen LogP contribution in [0.4, 0.5) is 4.79 Å². The van der Waals surface area contributed by atoms with Crippen molar-refractivity contribution in [3.63, 3.8) is 0 Å². The molecule has 2 aliphatic heterocycles. The zero-order chi connectivity index (χ0) is 24.7. The average molecular weight is 477 g/mol. The molecule has 5 rings (SSSR count). The van der Waals surface area contributed by atoms with Gasteiger partial charge in [-0.25, -0.2) is 4.79 Å². The van der Waals surface area contributed by atoms with Gasteiger partial charge in [-0.2, -0.15) is 0 Å². The van der Waals surface area contributed by atoms with E-state index >= 15 is 0 Å². The summed E-state index contributed by atoms with van der Waals surface area (Å²) in [4.78, 5) is 39.3. The summed E-state index contributed by atoms with van der Waals surface area (Å²) in [6, 6.07) is 15.7. The monoisotopic (exact) mass is 476 g/mol. The van der Waals surface area contributed by atoms with Gasteiger partial charge in [0.1, 0.15) is 6.61 Å². The number of aliphatic carboxylic acids is 1. The minimum absolute atomic E-state index is 0.00383. The molecule has 2 saturated heterocycles. The zero-order valence-electron chi connectivity index (χ0n) is 20.1. The maximum absolute atomic E-state index is 13.2. The van der Waals surface area contributed by atoms with Crippen molar-refractivity contribution in [2.45, 2.75) is 63.6 Å². The number of nitrogens with one attached hydrogen (secondary N) is 1. The Hall–Kier alpha value is -3.35. The molecule has 2 amide bonds. The van der Waals surface area contributed by atoms with E-state index in [-0.39, 0.29) is 48.9 Å². The third-order valence-electron chi connectivity index (χ3n) is 7.99. The van der Waals surface area contributed by atoms with Gasteiger partial charge >= 0.3 is 12.1 Å². The maximum Gasteiger partial charge on any atom is 0.407 e. The average Bonchev–Trinajstić information content (AvgIpc) is 3.52. The van der Waals surface area contributed by atoms with Crippen LogP contribution in [0.25, 0.3) is 11.1 Å². The highest BCUT2D eigenvalue weighted by Gasteiger charge is 2.51. The normalized spacial score (nSPS) is 23.2. The van der Waals surface area contributed by atoms with E-state index in [0.29, 0.717) is 6.42 Å². The van der Waals surface area contributed by atoms with Gasteiger partial charge in [0.25, 0.3) is 0 Å². The molecule has 2 heterocycles. The van der Waals surface area contributed by atoms with Crippen LogP contribution in [0, 0.1) is 11.8 Å². The molecule has 0 unspecified atom stereocenters. The highest BCUT2D eigenvalue weighted by Crippen LogP contribution is 2.45. The highest BCUT2D eigenvalue weighted by atomic mass is 16.5. The summed E-state index contributed by atoms with van der Waals surface area (Å²) in [6.07, 6.45) is 1.72. The smallest absolute Gasteiger partial charge is 0.407 e. The molecule has 7 nitrogen and oxygen atoms in total. The minimum atomic E-state index is -0.827. The largest absolute Gasteiger partial charge is 0.481 e. The van der Waals surface area contributed by atoms with E-state index in [1.165, 1.54) is 11.1 Å². The fourth-order valence-corrected chi connectivity index (χ4v) is 6.18. The molecule has 3 aliphatic rings. The predicted octanol–water partition coefficient (Wildman–Crippen LogP) is 4.40. The van der Waals surface area contributed by atoms with Crippen LogP contribution in [-0.4, -0.2) is 52.7 Å². The molecule has 7 heteroatoms. The number of ether oxygens (including phenoxy) is 1. The summed E-state index contributed by atoms with van der Waals surface area (Å²) < 4.78 is 5.68. The molecule has 0 spiro atoms. The lowest BCUT2D eigenvalue weighted by Gasteiger charge is -2.28. The Balaban J connectivity index is 1.21. The Morgan fingerprint density at radius 2 is 1.66 bits per heavy atom. The highest BCUT2D eigenvalue weighted by molar-refractivity contribution is 5.82. The fraction of sp³-hybridized carbons (Fsp3) is 0.464. The molecule has 2 aromatic carbocycles. The van der Waals surface area contributed by atoms with Gasteiger partial charge in [-0.1, -0.05) is 62.4 Å². The number of fused-ring (bicyclic) bond motifs is 5. The molecule has 0 aromatic heterocycles. The molecule has 2 bridgehead atoms. The molecule has 35 heavy (non-hydrogen) atoms. The lowest BCUT2D eigenvalue weighted by Crippen LogP contribution is -2.45. The number of carboxylic acids is 1. The van der Waals surface area contributed by atoms with Gasteiger partial charge in [-0.05, 0) is 47.4 Å². The Morgan fingerprint density at radius 3 is 2.23 bits per heavy atom. The summed E-state index contributed by atoms with van der Waals surface area (Å²) in [5.74, 6) is -1.40. The topological polar surface area (TPSA) is 95.9 Å². The summed E-state index contributed by atoms with van der Waals surface area (Å²) in [5.41, 5.74) is 4.63. The van der Waals surface area contributed by atoms with Crippen molar-refractivity contribution in [2.24, 2.45) is 11.8 Å². The van der Waals surface area contributed by atoms with Crippen LogP contribution in [0.15, 0.2) is 48.5 Å². The Labute approximate surface area is 205 Å². The number of hydrogen-bond donors (Lipinski definition) is 2. The zero-order valence-corrected chi connectivity index (χ0v) is 20.1. The second kappa shape index (κ2) is 9.36. The van der Waals surface area contributed by atoms with Gasteiger partial charge in [0.2, 0.25) is 5.91 Å². The van der Waals surface area contributed by atoms with Gasteiger partial charge in [0.05, 0.1) is 5.92 Å². The van der Waals surface area contributed by atoms with Crippen LogP contribution in [0.2, 0.25) is 0 Å². The number of benzene rings is 2. The number of carboxylic acid groups (broad SMARTS) is 1. The fourth-order valence-electron chi connectivity index (χ4n) is 6.18. The molecular weight excluding hydrogens is 444 g/mol. The van der Waals surface area contributed by atoms with Crippen molar-refractivity contribution in [1.82, 2.24) is 10.2 Å². The summed E-state index contributed by atoms with van der Waals surface area (Å²) in [6.45, 7) is 4.13. The molecule has 0 saturated carbocycles. The van der Waals surface area contributed by atoms with Gasteiger partial charge in [0, 0.05) is 30.5 Å². The van der Waals surface area contributed by atoms with Gasteiger partial charge in [0.15, 0.2) is 0 Å². The lowest BCUT2D eigenvalue weighted by molar-refractivity contribution is -0.143. The van der Waals surface area contributed by atoms with Gasteiger partial charge in [-0.15, -0.1) is 0 Å². The standard InChI is InChI=1S/C28H32N2O5/c1-16(2)24(14-26(31)30-17-11-12-25(30)22(13-17)27(32)33)29-28(34)35-15-23-20-9-5-3-7-18(20)19-8-4-6-10-21(19)23/h3-10,16-17,22-25H,11-15H2,1-2H3,(H,29,34)(H,32,33)/t17-,22+,24-,25+/m1/s1. The summed E-state index contributed by atoms with van der Waals surface area (Å²) in [5, 5.41) is 12.4. The number of rotatable bonds is 7. The van der Waals surface area contributed by atoms with E-state index in [1.807, 2.05) is 38.1 Å². The number of alkyl carbamates (subject to hydrolysis) is 1. The van der Waals surface area contributed by atoms with Gasteiger partial charge < -0.3 is 20.1 Å². The first kappa shape index (κ1) is 23.4. The van der Waals surface area contributed by atoms with Crippen molar-refractivity contribution in [3.8, 4) is 11.1 Å². The van der Waals surface area contributed by atoms with Crippen LogP contribution < -0.4 is 5.32 Å². The Morgan fingerprint density at radius 1 is 1.03 bits per heavy atom. The van der Waals surface area contributed by atoms with Crippen LogP contribution >= 0.6 is 0 Å². The van der Waals surface area contributed by atoms with E-state index in [2.05, 4.69) is 29.6 Å². The Bertz CT molecular complexity index is 1100. The lowest BCUT2D eigenvalue weighted by atomic mass is 9.89. The number of amides is 2. The third kappa shape index (κ3) is 4.28. The van der Waals surface area contributed by atoms with Crippen molar-refractivity contribution in [2.75, 3.05) is 6.61 Å². The molecule has 0 radical (unpaired) electrons. The van der Waals surface area contributed by atoms with E-state index in [4.69, 9.17) is 4.74 Å². The first-order chi connectivity index (χ1) is 16.8. The summed E-state index contributed by atoms with van der Waals surface area (Å²) in [7, 11) is 0. The van der Waals surface area contributed by atoms with Crippen LogP contribution in [0.5, 0.6) is 0 Å². The van der Waals surface area contributed by atoms with Crippen LogP contribution in [0.3, 0.4) is 0 Å². The number of nitrogens with zero attached hydrogens (tertiary/aromatic N) is 1. The molecule has 2 aromatic rings.